The summed E-state index contributed by atoms with van der Waals surface area (Å²) >= 11 is 9.07. The number of anilines is 1. The highest BCUT2D eigenvalue weighted by molar-refractivity contribution is 9.10. The van der Waals surface area contributed by atoms with Crippen LogP contribution in [0.15, 0.2) is 22.7 Å². The Labute approximate surface area is 95.5 Å². The van der Waals surface area contributed by atoms with Gasteiger partial charge in [0.2, 0.25) is 5.91 Å². The fourth-order valence-corrected chi connectivity index (χ4v) is 1.43. The van der Waals surface area contributed by atoms with Gasteiger partial charge in [0.05, 0.1) is 5.69 Å². The van der Waals surface area contributed by atoms with Crippen molar-refractivity contribution >= 4 is 39.1 Å². The first kappa shape index (κ1) is 11.5. The van der Waals surface area contributed by atoms with E-state index >= 15 is 0 Å². The summed E-state index contributed by atoms with van der Waals surface area (Å²) < 4.78 is 5.47. The quantitative estimate of drug-likeness (QED) is 0.923. The molecule has 0 bridgehead atoms. The third kappa shape index (κ3) is 3.29. The first-order valence-electron chi connectivity index (χ1n) is 3.87. The van der Waals surface area contributed by atoms with Crippen LogP contribution in [0.4, 0.5) is 5.69 Å². The van der Waals surface area contributed by atoms with Crippen molar-refractivity contribution in [3.63, 3.8) is 0 Å². The van der Waals surface area contributed by atoms with Crippen LogP contribution in [-0.2, 0) is 9.53 Å². The van der Waals surface area contributed by atoms with Gasteiger partial charge in [0.15, 0.2) is 0 Å². The van der Waals surface area contributed by atoms with Gasteiger partial charge >= 0.3 is 0 Å². The van der Waals surface area contributed by atoms with Gasteiger partial charge in [-0.15, -0.1) is 0 Å². The fourth-order valence-electron chi connectivity index (χ4n) is 0.911. The van der Waals surface area contributed by atoms with E-state index in [-0.39, 0.29) is 12.5 Å². The molecule has 0 fully saturated rings. The maximum absolute atomic E-state index is 11.2. The molecule has 1 amide bonds. The molecule has 0 spiro atoms. The molecule has 3 nitrogen and oxygen atoms in total. The largest absolute Gasteiger partial charge is 0.375 e. The van der Waals surface area contributed by atoms with Gasteiger partial charge in [0.1, 0.15) is 6.61 Å². The Hall–Kier alpha value is -0.580. The normalized spacial score (nSPS) is 9.93. The van der Waals surface area contributed by atoms with E-state index in [0.717, 1.165) is 4.47 Å². The summed E-state index contributed by atoms with van der Waals surface area (Å²) in [5.41, 5.74) is 0.638. The Bertz CT molecular complexity index is 344. The fraction of sp³-hybridized carbons (Fsp3) is 0.222. The lowest BCUT2D eigenvalue weighted by Crippen LogP contribution is -2.17. The van der Waals surface area contributed by atoms with E-state index in [1.54, 1.807) is 18.2 Å². The van der Waals surface area contributed by atoms with Crippen molar-refractivity contribution < 1.29 is 9.53 Å². The lowest BCUT2D eigenvalue weighted by molar-refractivity contribution is -0.119. The summed E-state index contributed by atoms with van der Waals surface area (Å²) in [5.74, 6) is -0.213. The van der Waals surface area contributed by atoms with Crippen molar-refractivity contribution in [2.24, 2.45) is 0 Å². The second kappa shape index (κ2) is 5.34. The second-order valence-corrected chi connectivity index (χ2v) is 3.90. The summed E-state index contributed by atoms with van der Waals surface area (Å²) in [6.45, 7) is 0.0267. The lowest BCUT2D eigenvalue weighted by atomic mass is 10.3. The van der Waals surface area contributed by atoms with Crippen molar-refractivity contribution in [2.45, 2.75) is 0 Å². The number of benzene rings is 1. The SMILES string of the molecule is COCC(=O)Nc1cc(Cl)ccc1Br. The van der Waals surface area contributed by atoms with Crippen molar-refractivity contribution in [3.8, 4) is 0 Å². The summed E-state index contributed by atoms with van der Waals surface area (Å²) in [6.07, 6.45) is 0. The standard InChI is InChI=1S/C9H9BrClNO2/c1-14-5-9(13)12-8-4-6(11)2-3-7(8)10/h2-4H,5H2,1H3,(H,12,13). The highest BCUT2D eigenvalue weighted by Crippen LogP contribution is 2.25. The number of carbonyl (C=O) groups is 1. The molecule has 0 radical (unpaired) electrons. The molecular formula is C9H9BrClNO2. The molecule has 1 aromatic rings. The molecule has 0 aromatic heterocycles. The summed E-state index contributed by atoms with van der Waals surface area (Å²) in [5, 5.41) is 3.23. The molecule has 0 heterocycles. The van der Waals surface area contributed by atoms with Gasteiger partial charge in [-0.25, -0.2) is 0 Å². The number of halogens is 2. The molecule has 14 heavy (non-hydrogen) atoms. The Kier molecular flexibility index (Phi) is 4.38. The lowest BCUT2D eigenvalue weighted by Gasteiger charge is -2.06. The first-order valence-corrected chi connectivity index (χ1v) is 5.04. The van der Waals surface area contributed by atoms with Gasteiger partial charge in [-0.05, 0) is 34.1 Å². The second-order valence-electron chi connectivity index (χ2n) is 2.61. The van der Waals surface area contributed by atoms with Gasteiger partial charge < -0.3 is 10.1 Å². The van der Waals surface area contributed by atoms with Crippen LogP contribution in [0.2, 0.25) is 5.02 Å². The first-order chi connectivity index (χ1) is 6.63. The number of methoxy groups -OCH3 is 1. The van der Waals surface area contributed by atoms with Gasteiger partial charge in [-0.1, -0.05) is 11.6 Å². The van der Waals surface area contributed by atoms with Crippen LogP contribution in [0.1, 0.15) is 0 Å². The third-order valence-corrected chi connectivity index (χ3v) is 2.40. The molecule has 1 N–H and O–H groups in total. The Morgan fingerprint density at radius 3 is 3.00 bits per heavy atom. The van der Waals surface area contributed by atoms with Gasteiger partial charge in [-0.2, -0.15) is 0 Å². The molecular weight excluding hydrogens is 269 g/mol. The Morgan fingerprint density at radius 1 is 1.64 bits per heavy atom. The molecule has 0 unspecified atom stereocenters. The predicted molar refractivity (Wildman–Crippen MR) is 59.7 cm³/mol. The molecule has 1 rings (SSSR count). The van der Waals surface area contributed by atoms with Crippen molar-refractivity contribution in [1.29, 1.82) is 0 Å². The van der Waals surface area contributed by atoms with Crippen LogP contribution in [-0.4, -0.2) is 19.6 Å². The minimum absolute atomic E-state index is 0.0267. The molecule has 0 atom stereocenters. The van der Waals surface area contributed by atoms with E-state index in [2.05, 4.69) is 26.0 Å². The van der Waals surface area contributed by atoms with Gasteiger partial charge in [-0.3, -0.25) is 4.79 Å². The predicted octanol–water partition coefficient (Wildman–Crippen LogP) is 2.69. The van der Waals surface area contributed by atoms with Crippen LogP contribution >= 0.6 is 27.5 Å². The van der Waals surface area contributed by atoms with Gasteiger partial charge in [0, 0.05) is 16.6 Å². The van der Waals surface area contributed by atoms with Crippen molar-refractivity contribution in [2.75, 3.05) is 19.0 Å². The average molecular weight is 279 g/mol. The van der Waals surface area contributed by atoms with E-state index in [1.807, 2.05) is 0 Å². The summed E-state index contributed by atoms with van der Waals surface area (Å²) in [4.78, 5) is 11.2. The van der Waals surface area contributed by atoms with Crippen molar-refractivity contribution in [1.82, 2.24) is 0 Å². The maximum Gasteiger partial charge on any atom is 0.250 e. The number of hydrogen-bond acceptors (Lipinski definition) is 2. The number of carbonyl (C=O) groups excluding carboxylic acids is 1. The minimum atomic E-state index is -0.213. The molecule has 0 aliphatic carbocycles. The average Bonchev–Trinajstić information content (AvgIpc) is 2.12. The number of hydrogen-bond donors (Lipinski definition) is 1. The third-order valence-electron chi connectivity index (χ3n) is 1.48. The van der Waals surface area contributed by atoms with Crippen LogP contribution in [0.3, 0.4) is 0 Å². The van der Waals surface area contributed by atoms with E-state index in [0.29, 0.717) is 10.7 Å². The van der Waals surface area contributed by atoms with E-state index in [4.69, 9.17) is 11.6 Å². The topological polar surface area (TPSA) is 38.3 Å². The molecule has 76 valence electrons. The molecule has 0 aliphatic heterocycles. The molecule has 0 saturated heterocycles. The Balaban J connectivity index is 2.75. The maximum atomic E-state index is 11.2. The Morgan fingerprint density at radius 2 is 2.36 bits per heavy atom. The molecule has 0 saturated carbocycles. The highest BCUT2D eigenvalue weighted by Gasteiger charge is 2.05. The van der Waals surface area contributed by atoms with Crippen LogP contribution in [0.5, 0.6) is 0 Å². The summed E-state index contributed by atoms with van der Waals surface area (Å²) in [6, 6.07) is 5.17. The number of ether oxygens (including phenoxy) is 1. The van der Waals surface area contributed by atoms with Crippen molar-refractivity contribution in [3.05, 3.63) is 27.7 Å². The number of nitrogens with one attached hydrogen (secondary N) is 1. The molecule has 1 aromatic carbocycles. The number of amides is 1. The van der Waals surface area contributed by atoms with E-state index in [9.17, 15) is 4.79 Å². The van der Waals surface area contributed by atoms with Crippen LogP contribution in [0, 0.1) is 0 Å². The zero-order chi connectivity index (χ0) is 10.6. The smallest absolute Gasteiger partial charge is 0.250 e. The van der Waals surface area contributed by atoms with Crippen LogP contribution in [0.25, 0.3) is 0 Å². The van der Waals surface area contributed by atoms with E-state index < -0.39 is 0 Å². The monoisotopic (exact) mass is 277 g/mol. The molecule has 5 heteroatoms. The number of rotatable bonds is 3. The summed E-state index contributed by atoms with van der Waals surface area (Å²) in [7, 11) is 1.46. The minimum Gasteiger partial charge on any atom is -0.375 e. The highest BCUT2D eigenvalue weighted by atomic mass is 79.9. The zero-order valence-electron chi connectivity index (χ0n) is 7.51. The van der Waals surface area contributed by atoms with Crippen LogP contribution < -0.4 is 5.32 Å². The van der Waals surface area contributed by atoms with Gasteiger partial charge in [0.25, 0.3) is 0 Å². The zero-order valence-corrected chi connectivity index (χ0v) is 9.85. The molecule has 0 aliphatic rings. The van der Waals surface area contributed by atoms with E-state index in [1.165, 1.54) is 7.11 Å².